The maximum absolute atomic E-state index is 13.2. The van der Waals surface area contributed by atoms with Crippen molar-refractivity contribution in [2.75, 3.05) is 13.7 Å². The molecule has 1 aliphatic rings. The van der Waals surface area contributed by atoms with E-state index in [9.17, 15) is 9.59 Å². The number of para-hydroxylation sites is 1. The second-order valence-electron chi connectivity index (χ2n) is 8.20. The molecule has 3 aromatic rings. The predicted octanol–water partition coefficient (Wildman–Crippen LogP) is 4.33. The number of methoxy groups -OCH3 is 1. The zero-order chi connectivity index (χ0) is 22.4. The van der Waals surface area contributed by atoms with E-state index in [4.69, 9.17) is 9.47 Å². The van der Waals surface area contributed by atoms with Gasteiger partial charge in [-0.15, -0.1) is 0 Å². The molecule has 2 amide bonds. The van der Waals surface area contributed by atoms with Gasteiger partial charge in [0.25, 0.3) is 0 Å². The van der Waals surface area contributed by atoms with Crippen molar-refractivity contribution in [2.45, 2.75) is 44.1 Å². The Bertz CT molecular complexity index is 1070. The largest absolute Gasteiger partial charge is 0.497 e. The van der Waals surface area contributed by atoms with Gasteiger partial charge in [-0.3, -0.25) is 4.79 Å². The maximum Gasteiger partial charge on any atom is 0.413 e. The van der Waals surface area contributed by atoms with E-state index in [-0.39, 0.29) is 5.91 Å². The minimum atomic E-state index is -0.937. The van der Waals surface area contributed by atoms with Crippen LogP contribution in [0.25, 0.3) is 10.9 Å². The summed E-state index contributed by atoms with van der Waals surface area (Å²) in [5, 5.41) is 6.99. The van der Waals surface area contributed by atoms with Crippen molar-refractivity contribution in [3.05, 3.63) is 60.3 Å². The number of nitrogens with one attached hydrogen (secondary N) is 3. The monoisotopic (exact) mass is 435 g/mol. The van der Waals surface area contributed by atoms with Gasteiger partial charge in [-0.1, -0.05) is 37.5 Å². The molecule has 0 saturated heterocycles. The third-order valence-corrected chi connectivity index (χ3v) is 6.09. The number of H-pyrrole nitrogens is 1. The van der Waals surface area contributed by atoms with E-state index >= 15 is 0 Å². The van der Waals surface area contributed by atoms with E-state index in [0.717, 1.165) is 41.5 Å². The number of fused-ring (bicyclic) bond motifs is 1. The summed E-state index contributed by atoms with van der Waals surface area (Å²) in [7, 11) is 1.65. The van der Waals surface area contributed by atoms with E-state index < -0.39 is 11.6 Å². The lowest BCUT2D eigenvalue weighted by molar-refractivity contribution is -0.128. The fourth-order valence-electron chi connectivity index (χ4n) is 4.35. The zero-order valence-corrected chi connectivity index (χ0v) is 18.3. The summed E-state index contributed by atoms with van der Waals surface area (Å²) < 4.78 is 10.7. The standard InChI is InChI=1S/C25H29N3O4/c1-31-20-10-11-22-21(16-20)18(17-27-22)12-15-26-23(29)25(13-6-3-7-14-25)28-24(30)32-19-8-4-2-5-9-19/h2,4-5,8-11,16-17,27H,3,6-7,12-15H2,1H3,(H,26,29)(H,28,30). The number of carbonyl (C=O) groups excluding carboxylic acids is 2. The predicted molar refractivity (Wildman–Crippen MR) is 123 cm³/mol. The average Bonchev–Trinajstić information content (AvgIpc) is 3.22. The molecule has 1 saturated carbocycles. The molecular formula is C25H29N3O4. The van der Waals surface area contributed by atoms with E-state index in [1.807, 2.05) is 30.5 Å². The second-order valence-corrected chi connectivity index (χ2v) is 8.20. The van der Waals surface area contributed by atoms with Gasteiger partial charge in [-0.2, -0.15) is 0 Å². The number of amides is 2. The summed E-state index contributed by atoms with van der Waals surface area (Å²) in [6.07, 6.45) is 6.08. The van der Waals surface area contributed by atoms with Crippen LogP contribution in [0.15, 0.2) is 54.7 Å². The molecule has 0 spiro atoms. The molecule has 1 aromatic heterocycles. The molecule has 4 rings (SSSR count). The first-order valence-corrected chi connectivity index (χ1v) is 11.1. The highest BCUT2D eigenvalue weighted by molar-refractivity contribution is 5.90. The molecule has 0 bridgehead atoms. The number of rotatable bonds is 7. The number of hydrogen-bond donors (Lipinski definition) is 3. The third kappa shape index (κ3) is 4.88. The van der Waals surface area contributed by atoms with Crippen LogP contribution < -0.4 is 20.1 Å². The fraction of sp³-hybridized carbons (Fsp3) is 0.360. The smallest absolute Gasteiger partial charge is 0.413 e. The highest BCUT2D eigenvalue weighted by atomic mass is 16.6. The van der Waals surface area contributed by atoms with Gasteiger partial charge < -0.3 is 25.1 Å². The number of hydrogen-bond acceptors (Lipinski definition) is 4. The lowest BCUT2D eigenvalue weighted by Gasteiger charge is -2.36. The quantitative estimate of drug-likeness (QED) is 0.515. The molecule has 7 heteroatoms. The fourth-order valence-corrected chi connectivity index (χ4v) is 4.35. The number of ether oxygens (including phenoxy) is 2. The summed E-state index contributed by atoms with van der Waals surface area (Å²) in [5.74, 6) is 1.09. The first-order valence-electron chi connectivity index (χ1n) is 11.1. The Morgan fingerprint density at radius 1 is 1.03 bits per heavy atom. The minimum absolute atomic E-state index is 0.153. The molecule has 0 aliphatic heterocycles. The van der Waals surface area contributed by atoms with Gasteiger partial charge in [0.2, 0.25) is 5.91 Å². The average molecular weight is 436 g/mol. The van der Waals surface area contributed by atoms with Crippen molar-refractivity contribution in [1.82, 2.24) is 15.6 Å². The van der Waals surface area contributed by atoms with Gasteiger partial charge in [0, 0.05) is 23.6 Å². The number of carbonyl (C=O) groups is 2. The Morgan fingerprint density at radius 2 is 1.81 bits per heavy atom. The van der Waals surface area contributed by atoms with Crippen molar-refractivity contribution in [3.8, 4) is 11.5 Å². The highest BCUT2D eigenvalue weighted by Crippen LogP contribution is 2.29. The Labute approximate surface area is 187 Å². The molecule has 0 unspecified atom stereocenters. The molecule has 3 N–H and O–H groups in total. The molecule has 32 heavy (non-hydrogen) atoms. The van der Waals surface area contributed by atoms with E-state index in [2.05, 4.69) is 15.6 Å². The summed E-state index contributed by atoms with van der Waals surface area (Å²) in [4.78, 5) is 29.0. The molecule has 0 radical (unpaired) electrons. The first-order chi connectivity index (χ1) is 15.6. The van der Waals surface area contributed by atoms with Gasteiger partial charge in [0.15, 0.2) is 0 Å². The van der Waals surface area contributed by atoms with Crippen LogP contribution in [0.2, 0.25) is 0 Å². The Balaban J connectivity index is 1.39. The Kier molecular flexibility index (Phi) is 6.63. The van der Waals surface area contributed by atoms with E-state index in [0.29, 0.717) is 31.6 Å². The molecule has 0 atom stereocenters. The molecular weight excluding hydrogens is 406 g/mol. The maximum atomic E-state index is 13.2. The van der Waals surface area contributed by atoms with Crippen LogP contribution in [-0.4, -0.2) is 36.2 Å². The van der Waals surface area contributed by atoms with Crippen molar-refractivity contribution in [1.29, 1.82) is 0 Å². The van der Waals surface area contributed by atoms with Crippen molar-refractivity contribution in [2.24, 2.45) is 0 Å². The topological polar surface area (TPSA) is 92.5 Å². The van der Waals surface area contributed by atoms with Crippen LogP contribution in [-0.2, 0) is 11.2 Å². The summed E-state index contributed by atoms with van der Waals surface area (Å²) in [6, 6.07) is 14.8. The van der Waals surface area contributed by atoms with E-state index in [1.54, 1.807) is 31.4 Å². The molecule has 1 heterocycles. The van der Waals surface area contributed by atoms with Gasteiger partial charge in [-0.25, -0.2) is 4.79 Å². The zero-order valence-electron chi connectivity index (χ0n) is 18.3. The normalized spacial score (nSPS) is 15.2. The van der Waals surface area contributed by atoms with Gasteiger partial charge in [0.1, 0.15) is 17.0 Å². The number of aromatic amines is 1. The van der Waals surface area contributed by atoms with Crippen LogP contribution in [0.1, 0.15) is 37.7 Å². The highest BCUT2D eigenvalue weighted by Gasteiger charge is 2.41. The molecule has 2 aromatic carbocycles. The molecule has 1 aliphatic carbocycles. The van der Waals surface area contributed by atoms with Crippen LogP contribution in [0.5, 0.6) is 11.5 Å². The lowest BCUT2D eigenvalue weighted by atomic mass is 9.81. The van der Waals surface area contributed by atoms with E-state index in [1.165, 1.54) is 0 Å². The molecule has 7 nitrogen and oxygen atoms in total. The Morgan fingerprint density at radius 3 is 2.56 bits per heavy atom. The van der Waals surface area contributed by atoms with Crippen LogP contribution >= 0.6 is 0 Å². The first kappa shape index (κ1) is 21.7. The van der Waals surface area contributed by atoms with Crippen molar-refractivity contribution in [3.63, 3.8) is 0 Å². The van der Waals surface area contributed by atoms with Crippen molar-refractivity contribution >= 4 is 22.9 Å². The third-order valence-electron chi connectivity index (χ3n) is 6.09. The SMILES string of the molecule is COc1ccc2[nH]cc(CCNC(=O)C3(NC(=O)Oc4ccccc4)CCCCC3)c2c1. The van der Waals surface area contributed by atoms with Gasteiger partial charge in [-0.05, 0) is 55.2 Å². The van der Waals surface area contributed by atoms with Crippen LogP contribution in [0.4, 0.5) is 4.79 Å². The number of aromatic nitrogens is 1. The summed E-state index contributed by atoms with van der Waals surface area (Å²) >= 11 is 0. The number of benzene rings is 2. The minimum Gasteiger partial charge on any atom is -0.497 e. The van der Waals surface area contributed by atoms with Crippen molar-refractivity contribution < 1.29 is 19.1 Å². The summed E-state index contributed by atoms with van der Waals surface area (Å²) in [6.45, 7) is 0.472. The Hall–Kier alpha value is -3.48. The molecule has 1 fully saturated rings. The second kappa shape index (κ2) is 9.77. The van der Waals surface area contributed by atoms with Gasteiger partial charge >= 0.3 is 6.09 Å². The lowest BCUT2D eigenvalue weighted by Crippen LogP contribution is -2.60. The van der Waals surface area contributed by atoms with Gasteiger partial charge in [0.05, 0.1) is 7.11 Å². The molecule has 168 valence electrons. The van der Waals surface area contributed by atoms with Crippen LogP contribution in [0.3, 0.4) is 0 Å². The summed E-state index contributed by atoms with van der Waals surface area (Å²) in [5.41, 5.74) is 1.20. The van der Waals surface area contributed by atoms with Crippen LogP contribution in [0, 0.1) is 0 Å².